The summed E-state index contributed by atoms with van der Waals surface area (Å²) in [6, 6.07) is 4.29. The van der Waals surface area contributed by atoms with Gasteiger partial charge in [0.1, 0.15) is 5.75 Å². The molecule has 0 atom stereocenters. The van der Waals surface area contributed by atoms with Crippen molar-refractivity contribution < 1.29 is 9.66 Å². The molecule has 4 nitrogen and oxygen atoms in total. The number of rotatable bonds is 5. The molecule has 110 valence electrons. The second-order valence-electron chi connectivity index (χ2n) is 5.35. The Morgan fingerprint density at radius 1 is 1.35 bits per heavy atom. The summed E-state index contributed by atoms with van der Waals surface area (Å²) < 4.78 is 5.79. The molecule has 0 spiro atoms. The third-order valence-corrected chi connectivity index (χ3v) is 5.36. The third kappa shape index (κ3) is 3.64. The van der Waals surface area contributed by atoms with Crippen molar-refractivity contribution in [3.63, 3.8) is 0 Å². The van der Waals surface area contributed by atoms with Crippen LogP contribution in [-0.2, 0) is 0 Å². The van der Waals surface area contributed by atoms with Crippen molar-refractivity contribution >= 4 is 33.2 Å². The topological polar surface area (TPSA) is 52.4 Å². The van der Waals surface area contributed by atoms with E-state index in [0.29, 0.717) is 17.4 Å². The second-order valence-corrected chi connectivity index (χ2v) is 6.32. The zero-order chi connectivity index (χ0) is 14.6. The molecule has 0 amide bonds. The van der Waals surface area contributed by atoms with Gasteiger partial charge in [0, 0.05) is 16.8 Å². The molecular formula is C14H17BrClNO3. The van der Waals surface area contributed by atoms with Crippen molar-refractivity contribution in [1.29, 1.82) is 0 Å². The summed E-state index contributed by atoms with van der Waals surface area (Å²) in [6.07, 6.45) is 5.91. The van der Waals surface area contributed by atoms with Crippen molar-refractivity contribution in [2.24, 2.45) is 5.41 Å². The molecule has 1 aliphatic rings. The molecule has 0 aliphatic heterocycles. The molecule has 0 N–H and O–H groups in total. The van der Waals surface area contributed by atoms with Crippen molar-refractivity contribution in [3.8, 4) is 5.75 Å². The fraction of sp³-hybridized carbons (Fsp3) is 0.571. The van der Waals surface area contributed by atoms with Gasteiger partial charge < -0.3 is 4.74 Å². The fourth-order valence-corrected chi connectivity index (χ4v) is 3.46. The van der Waals surface area contributed by atoms with E-state index < -0.39 is 4.92 Å². The van der Waals surface area contributed by atoms with Crippen LogP contribution in [0.5, 0.6) is 5.75 Å². The summed E-state index contributed by atoms with van der Waals surface area (Å²) in [7, 11) is 0. The summed E-state index contributed by atoms with van der Waals surface area (Å²) in [5, 5.41) is 12.1. The number of hydrogen-bond acceptors (Lipinski definition) is 3. The second kappa shape index (κ2) is 6.76. The number of nitrogens with zero attached hydrogens (tertiary/aromatic N) is 1. The molecular weight excluding hydrogens is 346 g/mol. The minimum Gasteiger partial charge on any atom is -0.491 e. The summed E-state index contributed by atoms with van der Waals surface area (Å²) in [5.74, 6) is 0.395. The summed E-state index contributed by atoms with van der Waals surface area (Å²) >= 11 is 9.62. The van der Waals surface area contributed by atoms with Crippen LogP contribution in [0.3, 0.4) is 0 Å². The Hall–Kier alpha value is -0.810. The van der Waals surface area contributed by atoms with Crippen molar-refractivity contribution in [2.75, 3.05) is 11.9 Å². The van der Waals surface area contributed by atoms with Gasteiger partial charge in [-0.3, -0.25) is 10.1 Å². The number of hydrogen-bond donors (Lipinski definition) is 0. The Morgan fingerprint density at radius 3 is 2.65 bits per heavy atom. The first-order valence-corrected chi connectivity index (χ1v) is 8.19. The lowest BCUT2D eigenvalue weighted by atomic mass is 9.76. The minimum absolute atomic E-state index is 0.000867. The molecule has 0 radical (unpaired) electrons. The zero-order valence-electron chi connectivity index (χ0n) is 11.1. The highest BCUT2D eigenvalue weighted by atomic mass is 79.9. The quantitative estimate of drug-likeness (QED) is 0.422. The number of ether oxygens (including phenoxy) is 1. The maximum Gasteiger partial charge on any atom is 0.273 e. The van der Waals surface area contributed by atoms with E-state index in [-0.39, 0.29) is 11.1 Å². The lowest BCUT2D eigenvalue weighted by Gasteiger charge is -2.35. The maximum atomic E-state index is 10.8. The van der Waals surface area contributed by atoms with Gasteiger partial charge in [0.25, 0.3) is 5.69 Å². The van der Waals surface area contributed by atoms with E-state index in [1.165, 1.54) is 37.5 Å². The van der Waals surface area contributed by atoms with Gasteiger partial charge in [-0.25, -0.2) is 0 Å². The molecule has 0 aromatic heterocycles. The smallest absolute Gasteiger partial charge is 0.273 e. The monoisotopic (exact) mass is 361 g/mol. The van der Waals surface area contributed by atoms with Gasteiger partial charge in [-0.2, -0.15) is 0 Å². The number of benzene rings is 1. The van der Waals surface area contributed by atoms with Gasteiger partial charge in [0.2, 0.25) is 0 Å². The molecule has 1 fully saturated rings. The van der Waals surface area contributed by atoms with E-state index in [1.807, 2.05) is 0 Å². The molecule has 6 heteroatoms. The molecule has 0 heterocycles. The summed E-state index contributed by atoms with van der Waals surface area (Å²) in [4.78, 5) is 10.3. The SMILES string of the molecule is O=[N+]([O-])c1ccc(Cl)c(OCC2(CBr)CCCCC2)c1. The zero-order valence-corrected chi connectivity index (χ0v) is 13.5. The van der Waals surface area contributed by atoms with Crippen LogP contribution in [0.25, 0.3) is 0 Å². The number of halogens is 2. The van der Waals surface area contributed by atoms with E-state index in [4.69, 9.17) is 16.3 Å². The van der Waals surface area contributed by atoms with E-state index in [1.54, 1.807) is 0 Å². The van der Waals surface area contributed by atoms with Gasteiger partial charge in [-0.1, -0.05) is 46.8 Å². The molecule has 0 bridgehead atoms. The van der Waals surface area contributed by atoms with Gasteiger partial charge in [-0.15, -0.1) is 0 Å². The largest absolute Gasteiger partial charge is 0.491 e. The maximum absolute atomic E-state index is 10.8. The fourth-order valence-electron chi connectivity index (χ4n) is 2.57. The number of nitro benzene ring substituents is 1. The third-order valence-electron chi connectivity index (χ3n) is 3.86. The minimum atomic E-state index is -0.440. The Kier molecular flexibility index (Phi) is 5.27. The summed E-state index contributed by atoms with van der Waals surface area (Å²) in [6.45, 7) is 0.541. The molecule has 20 heavy (non-hydrogen) atoms. The normalized spacial score (nSPS) is 17.7. The van der Waals surface area contributed by atoms with Gasteiger partial charge >= 0.3 is 0 Å². The standard InChI is InChI=1S/C14H17BrClNO3/c15-9-14(6-2-1-3-7-14)10-20-13-8-11(17(18)19)4-5-12(13)16/h4-5,8H,1-3,6-7,9-10H2. The van der Waals surface area contributed by atoms with Crippen molar-refractivity contribution in [2.45, 2.75) is 32.1 Å². The van der Waals surface area contributed by atoms with E-state index in [2.05, 4.69) is 15.9 Å². The molecule has 2 rings (SSSR count). The van der Waals surface area contributed by atoms with Gasteiger partial charge in [-0.05, 0) is 18.9 Å². The molecule has 0 saturated heterocycles. The first kappa shape index (κ1) is 15.6. The highest BCUT2D eigenvalue weighted by Gasteiger charge is 2.32. The lowest BCUT2D eigenvalue weighted by Crippen LogP contribution is -2.32. The van der Waals surface area contributed by atoms with E-state index in [0.717, 1.165) is 18.2 Å². The van der Waals surface area contributed by atoms with E-state index >= 15 is 0 Å². The first-order valence-electron chi connectivity index (χ1n) is 6.69. The van der Waals surface area contributed by atoms with E-state index in [9.17, 15) is 10.1 Å². The summed E-state index contributed by atoms with van der Waals surface area (Å²) in [5.41, 5.74) is 0.118. The first-order chi connectivity index (χ1) is 9.56. The highest BCUT2D eigenvalue weighted by molar-refractivity contribution is 9.09. The van der Waals surface area contributed by atoms with Crippen molar-refractivity contribution in [3.05, 3.63) is 33.3 Å². The Morgan fingerprint density at radius 2 is 2.05 bits per heavy atom. The number of nitro groups is 1. The number of alkyl halides is 1. The van der Waals surface area contributed by atoms with Crippen molar-refractivity contribution in [1.82, 2.24) is 0 Å². The van der Waals surface area contributed by atoms with Crippen LogP contribution in [-0.4, -0.2) is 16.9 Å². The van der Waals surface area contributed by atoms with Gasteiger partial charge in [0.05, 0.1) is 22.6 Å². The molecule has 1 saturated carbocycles. The van der Waals surface area contributed by atoms with Crippen LogP contribution in [0.15, 0.2) is 18.2 Å². The predicted octanol–water partition coefficient (Wildman–Crippen LogP) is 4.97. The van der Waals surface area contributed by atoms with Crippen LogP contribution in [0.4, 0.5) is 5.69 Å². The molecule has 0 unspecified atom stereocenters. The Balaban J connectivity index is 2.09. The average Bonchev–Trinajstić information content (AvgIpc) is 2.47. The van der Waals surface area contributed by atoms with Crippen LogP contribution in [0.2, 0.25) is 5.02 Å². The van der Waals surface area contributed by atoms with Gasteiger partial charge in [0.15, 0.2) is 0 Å². The Labute approximate surface area is 131 Å². The lowest BCUT2D eigenvalue weighted by molar-refractivity contribution is -0.384. The Bertz CT molecular complexity index is 489. The highest BCUT2D eigenvalue weighted by Crippen LogP contribution is 2.39. The molecule has 1 aliphatic carbocycles. The molecule has 1 aromatic carbocycles. The average molecular weight is 363 g/mol. The molecule has 1 aromatic rings. The van der Waals surface area contributed by atoms with Crippen LogP contribution >= 0.6 is 27.5 Å². The van der Waals surface area contributed by atoms with Crippen LogP contribution in [0, 0.1) is 15.5 Å². The van der Waals surface area contributed by atoms with Crippen LogP contribution in [0.1, 0.15) is 32.1 Å². The van der Waals surface area contributed by atoms with Crippen LogP contribution < -0.4 is 4.74 Å². The predicted molar refractivity (Wildman–Crippen MR) is 82.9 cm³/mol. The number of non-ortho nitro benzene ring substituents is 1.